The third-order valence-corrected chi connectivity index (χ3v) is 5.84. The summed E-state index contributed by atoms with van der Waals surface area (Å²) in [6.45, 7) is 0. The van der Waals surface area contributed by atoms with Crippen molar-refractivity contribution in [2.24, 2.45) is 0 Å². The fourth-order valence-corrected chi connectivity index (χ4v) is 2.92. The van der Waals surface area contributed by atoms with Crippen LogP contribution in [0.1, 0.15) is 0 Å². The van der Waals surface area contributed by atoms with Crippen LogP contribution in [0.15, 0.2) is 64.7 Å². The van der Waals surface area contributed by atoms with E-state index in [2.05, 4.69) is 0 Å². The first kappa shape index (κ1) is 39.5. The molecule has 0 unspecified atom stereocenters. The second-order valence-corrected chi connectivity index (χ2v) is 8.22. The number of aliphatic hydroxyl groups is 6. The number of carbonyl (C=O) groups is 6. The van der Waals surface area contributed by atoms with Crippen molar-refractivity contribution in [3.05, 3.63) is 64.7 Å². The molecule has 198 valence electrons. The van der Waals surface area contributed by atoms with Gasteiger partial charge in [-0.3, -0.25) is 28.8 Å². The predicted molar refractivity (Wildman–Crippen MR) is 123 cm³/mol. The zero-order valence-electron chi connectivity index (χ0n) is 17.6. The average molecular weight is 905 g/mol. The molecule has 0 aliphatic heterocycles. The summed E-state index contributed by atoms with van der Waals surface area (Å²) in [5, 5.41) is 48.8. The molecule has 0 spiro atoms. The molecule has 38 heavy (non-hydrogen) atoms. The largest absolute Gasteiger partial charge is 0.503 e. The van der Waals surface area contributed by atoms with E-state index in [0.29, 0.717) is 0 Å². The molecule has 20 heteroatoms. The fraction of sp³-hybridized carbons (Fsp3) is 0. The van der Waals surface area contributed by atoms with Crippen LogP contribution in [-0.2, 0) is 28.8 Å². The Kier molecular flexibility index (Phi) is 16.6. The molecule has 3 rings (SSSR count). The minimum absolute atomic E-state index is 0. The molecule has 3 aliphatic carbocycles. The molecule has 0 bridgehead atoms. The van der Waals surface area contributed by atoms with E-state index in [0.717, 1.165) is 0 Å². The first-order valence-electron chi connectivity index (χ1n) is 8.20. The Bertz CT molecular complexity index is 1010. The maximum Gasteiger partial charge on any atom is 0.244 e. The molecule has 0 aromatic rings. The van der Waals surface area contributed by atoms with E-state index >= 15 is 0 Å². The molecule has 0 aromatic heterocycles. The Morgan fingerprint density at radius 1 is 0.289 bits per heavy atom. The van der Waals surface area contributed by atoms with Gasteiger partial charge in [0.05, 0.1) is 0 Å². The maximum absolute atomic E-state index is 10.8. The van der Waals surface area contributed by atoms with Crippen molar-refractivity contribution in [2.45, 2.75) is 0 Å². The van der Waals surface area contributed by atoms with Crippen molar-refractivity contribution in [1.82, 2.24) is 0 Å². The Morgan fingerprint density at radius 2 is 0.368 bits per heavy atom. The molecule has 0 saturated carbocycles. The van der Waals surface area contributed by atoms with Crippen LogP contribution in [0.25, 0.3) is 0 Å². The van der Waals surface area contributed by atoms with Crippen LogP contribution in [-0.4, -0.2) is 65.3 Å². The molecule has 3 aliphatic rings. The molecule has 0 atom stereocenters. The normalized spacial score (nSPS) is 18.2. The molecule has 6 N–H and O–H groups in total. The Morgan fingerprint density at radius 3 is 0.447 bits per heavy atom. The molecule has 0 heterocycles. The standard InChI is InChI=1S/3C6H2Cl2O4.2La/c3*7-1-3(9)5(11)2(8)6(12)4(1)10;;/h3*9,12H;;. The van der Waals surface area contributed by atoms with E-state index in [1.165, 1.54) is 0 Å². The van der Waals surface area contributed by atoms with E-state index in [1.807, 2.05) is 0 Å². The minimum Gasteiger partial charge on any atom is -0.503 e. The van der Waals surface area contributed by atoms with Crippen molar-refractivity contribution < 1.29 is 131 Å². The Balaban J connectivity index is 0. The monoisotopic (exact) mass is 902 g/mol. The van der Waals surface area contributed by atoms with Crippen molar-refractivity contribution >= 4 is 104 Å². The zero-order chi connectivity index (χ0) is 28.4. The number of hydrogen-bond donors (Lipinski definition) is 6. The van der Waals surface area contributed by atoms with E-state index in [9.17, 15) is 28.8 Å². The summed E-state index contributed by atoms with van der Waals surface area (Å²) in [7, 11) is 0. The number of carbonyl (C=O) groups excluding carboxylic acids is 6. The summed E-state index contributed by atoms with van der Waals surface area (Å²) < 4.78 is 0. The molecule has 2 radical (unpaired) electrons. The maximum atomic E-state index is 10.8. The van der Waals surface area contributed by atoms with Gasteiger partial charge in [0.25, 0.3) is 0 Å². The zero-order valence-corrected chi connectivity index (χ0v) is 29.3. The summed E-state index contributed by atoms with van der Waals surface area (Å²) in [6, 6.07) is 0. The van der Waals surface area contributed by atoms with E-state index in [4.69, 9.17) is 100 Å². The van der Waals surface area contributed by atoms with Gasteiger partial charge in [-0.25, -0.2) is 0 Å². The molecular weight excluding hydrogens is 899 g/mol. The van der Waals surface area contributed by atoms with Crippen molar-refractivity contribution in [2.75, 3.05) is 0 Å². The quantitative estimate of drug-likeness (QED) is 0.193. The second kappa shape index (κ2) is 16.0. The summed E-state index contributed by atoms with van der Waals surface area (Å²) in [5.41, 5.74) is 0. The third-order valence-electron chi connectivity index (χ3n) is 3.73. The molecule has 0 saturated heterocycles. The SMILES string of the molecule is O=C1C(O)=C(Cl)C(=O)C(O)=C1Cl.O=C1C(O)=C(Cl)C(=O)C(O)=C1Cl.O=C1C(O)=C(Cl)C(=O)C(O)=C1Cl.[La].[La]. The van der Waals surface area contributed by atoms with Crippen LogP contribution in [0.3, 0.4) is 0 Å². The first-order valence-corrected chi connectivity index (χ1v) is 10.5. The summed E-state index contributed by atoms with van der Waals surface area (Å²) >= 11 is 31.1. The van der Waals surface area contributed by atoms with Gasteiger partial charge in [-0.1, -0.05) is 69.6 Å². The topological polar surface area (TPSA) is 224 Å². The van der Waals surface area contributed by atoms with Gasteiger partial charge in [-0.2, -0.15) is 0 Å². The summed E-state index contributed by atoms with van der Waals surface area (Å²) in [4.78, 5) is 64.8. The van der Waals surface area contributed by atoms with E-state index in [1.54, 1.807) is 0 Å². The van der Waals surface area contributed by atoms with Gasteiger partial charge in [0.1, 0.15) is 30.2 Å². The molecule has 12 nitrogen and oxygen atoms in total. The first-order chi connectivity index (χ1) is 16.4. The van der Waals surface area contributed by atoms with Crippen LogP contribution in [0.4, 0.5) is 0 Å². The van der Waals surface area contributed by atoms with Crippen LogP contribution < -0.4 is 0 Å². The van der Waals surface area contributed by atoms with Crippen molar-refractivity contribution in [3.63, 3.8) is 0 Å². The number of halogens is 6. The van der Waals surface area contributed by atoms with Crippen molar-refractivity contribution in [3.8, 4) is 0 Å². The molecule has 0 amide bonds. The second-order valence-electron chi connectivity index (χ2n) is 5.95. The van der Waals surface area contributed by atoms with Crippen molar-refractivity contribution in [1.29, 1.82) is 0 Å². The number of aliphatic hydroxyl groups excluding tert-OH is 6. The predicted octanol–water partition coefficient (Wildman–Crippen LogP) is 3.47. The van der Waals surface area contributed by atoms with Gasteiger partial charge in [0.15, 0.2) is 34.6 Å². The van der Waals surface area contributed by atoms with E-state index in [-0.39, 0.29) is 71.2 Å². The summed E-state index contributed by atoms with van der Waals surface area (Å²) in [6.07, 6.45) is 0. The third kappa shape index (κ3) is 8.21. The van der Waals surface area contributed by atoms with Gasteiger partial charge in [0.2, 0.25) is 34.7 Å². The van der Waals surface area contributed by atoms with Gasteiger partial charge in [-0.05, 0) is 0 Å². The molecule has 0 fully saturated rings. The number of allylic oxidation sites excluding steroid dienone is 6. The van der Waals surface area contributed by atoms with Gasteiger partial charge < -0.3 is 30.6 Å². The van der Waals surface area contributed by atoms with Crippen LogP contribution >= 0.6 is 69.6 Å². The summed E-state index contributed by atoms with van der Waals surface area (Å²) in [5.74, 6) is -12.0. The fourth-order valence-electron chi connectivity index (χ4n) is 1.87. The Hall–Kier alpha value is -0.610. The van der Waals surface area contributed by atoms with Gasteiger partial charge >= 0.3 is 0 Å². The number of Topliss-reactive ketones (excluding diaryl/α,β-unsaturated/α-hetero) is 6. The molecule has 0 aromatic carbocycles. The van der Waals surface area contributed by atoms with Gasteiger partial charge in [0, 0.05) is 71.2 Å². The molecular formula is C18H6Cl6La2O12. The van der Waals surface area contributed by atoms with Crippen LogP contribution in [0, 0.1) is 71.2 Å². The average Bonchev–Trinajstić information content (AvgIpc) is 2.87. The number of rotatable bonds is 0. The Labute approximate surface area is 296 Å². The number of ketones is 6. The van der Waals surface area contributed by atoms with Gasteiger partial charge in [-0.15, -0.1) is 0 Å². The van der Waals surface area contributed by atoms with E-state index < -0.39 is 99.4 Å². The van der Waals surface area contributed by atoms with Crippen LogP contribution in [0.2, 0.25) is 0 Å². The smallest absolute Gasteiger partial charge is 0.244 e. The van der Waals surface area contributed by atoms with Crippen LogP contribution in [0.5, 0.6) is 0 Å². The number of hydrogen-bond acceptors (Lipinski definition) is 12. The minimum atomic E-state index is -1.06.